The van der Waals surface area contributed by atoms with Crippen LogP contribution in [0.1, 0.15) is 45.7 Å². The van der Waals surface area contributed by atoms with Crippen molar-refractivity contribution in [2.75, 3.05) is 6.54 Å². The van der Waals surface area contributed by atoms with Crippen LogP contribution in [0.25, 0.3) is 0 Å². The first-order valence-corrected chi connectivity index (χ1v) is 6.14. The zero-order chi connectivity index (χ0) is 12.1. The van der Waals surface area contributed by atoms with E-state index in [1.165, 1.54) is 5.56 Å². The van der Waals surface area contributed by atoms with Crippen LogP contribution >= 0.6 is 0 Å². The smallest absolute Gasteiger partial charge is 0.115 e. The minimum atomic E-state index is 0.339. The van der Waals surface area contributed by atoms with Gasteiger partial charge >= 0.3 is 0 Å². The summed E-state index contributed by atoms with van der Waals surface area (Å²) in [5.41, 5.74) is 1.29. The summed E-state index contributed by atoms with van der Waals surface area (Å²) >= 11 is 0. The van der Waals surface area contributed by atoms with E-state index in [1.54, 1.807) is 12.1 Å². The maximum Gasteiger partial charge on any atom is 0.115 e. The predicted molar refractivity (Wildman–Crippen MR) is 68.7 cm³/mol. The average Bonchev–Trinajstić information content (AvgIpc) is 2.26. The topological polar surface area (TPSA) is 23.5 Å². The second-order valence-electron chi connectivity index (χ2n) is 4.44. The van der Waals surface area contributed by atoms with Gasteiger partial charge in [-0.05, 0) is 44.5 Å². The summed E-state index contributed by atoms with van der Waals surface area (Å²) in [7, 11) is 0. The average molecular weight is 221 g/mol. The Morgan fingerprint density at radius 2 is 1.69 bits per heavy atom. The van der Waals surface area contributed by atoms with Gasteiger partial charge in [0.25, 0.3) is 0 Å². The van der Waals surface area contributed by atoms with Crippen molar-refractivity contribution in [1.82, 2.24) is 4.90 Å². The van der Waals surface area contributed by atoms with Gasteiger partial charge in [-0.1, -0.05) is 26.0 Å². The monoisotopic (exact) mass is 221 g/mol. The lowest BCUT2D eigenvalue weighted by Crippen LogP contribution is -2.34. The largest absolute Gasteiger partial charge is 0.508 e. The fourth-order valence-electron chi connectivity index (χ4n) is 2.30. The second kappa shape index (κ2) is 5.90. The van der Waals surface area contributed by atoms with Crippen LogP contribution in [0.15, 0.2) is 24.3 Å². The van der Waals surface area contributed by atoms with Crippen molar-refractivity contribution < 1.29 is 5.11 Å². The lowest BCUT2D eigenvalue weighted by Gasteiger charge is -2.33. The lowest BCUT2D eigenvalue weighted by atomic mass is 10.0. The summed E-state index contributed by atoms with van der Waals surface area (Å²) in [6, 6.07) is 8.58. The van der Waals surface area contributed by atoms with Crippen LogP contribution in [0, 0.1) is 0 Å². The quantitative estimate of drug-likeness (QED) is 0.821. The highest BCUT2D eigenvalue weighted by Crippen LogP contribution is 2.27. The van der Waals surface area contributed by atoms with E-state index in [0.717, 1.165) is 13.0 Å². The first-order valence-electron chi connectivity index (χ1n) is 6.14. The molecule has 0 heterocycles. The number of rotatable bonds is 5. The van der Waals surface area contributed by atoms with Crippen LogP contribution in [-0.4, -0.2) is 22.6 Å². The van der Waals surface area contributed by atoms with Gasteiger partial charge in [0.05, 0.1) is 0 Å². The van der Waals surface area contributed by atoms with Crippen LogP contribution in [-0.2, 0) is 0 Å². The fourth-order valence-corrected chi connectivity index (χ4v) is 2.30. The molecule has 2 nitrogen and oxygen atoms in total. The number of aromatic hydroxyl groups is 1. The number of nitrogens with zero attached hydrogens (tertiary/aromatic N) is 1. The van der Waals surface area contributed by atoms with E-state index in [9.17, 15) is 5.11 Å². The summed E-state index contributed by atoms with van der Waals surface area (Å²) in [4.78, 5) is 2.48. The summed E-state index contributed by atoms with van der Waals surface area (Å²) in [6.07, 6.45) is 1.09. The Morgan fingerprint density at radius 3 is 2.06 bits per heavy atom. The Bertz CT molecular complexity index is 305. The molecule has 2 heteroatoms. The number of hydrogen-bond acceptors (Lipinski definition) is 2. The van der Waals surface area contributed by atoms with E-state index in [2.05, 4.69) is 32.6 Å². The van der Waals surface area contributed by atoms with E-state index >= 15 is 0 Å². The van der Waals surface area contributed by atoms with Gasteiger partial charge in [0.1, 0.15) is 5.75 Å². The molecule has 1 rings (SSSR count). The third-order valence-electron chi connectivity index (χ3n) is 3.09. The van der Waals surface area contributed by atoms with Crippen molar-refractivity contribution in [3.63, 3.8) is 0 Å². The van der Waals surface area contributed by atoms with Crippen molar-refractivity contribution in [3.8, 4) is 5.75 Å². The van der Waals surface area contributed by atoms with Crippen LogP contribution in [0.4, 0.5) is 0 Å². The number of hydrogen-bond donors (Lipinski definition) is 1. The first-order chi connectivity index (χ1) is 7.60. The molecule has 0 fully saturated rings. The maximum atomic E-state index is 9.30. The third-order valence-corrected chi connectivity index (χ3v) is 3.09. The molecule has 0 saturated carbocycles. The van der Waals surface area contributed by atoms with Gasteiger partial charge in [-0.2, -0.15) is 0 Å². The fraction of sp³-hybridized carbons (Fsp3) is 0.571. The molecule has 0 saturated heterocycles. The molecule has 0 amide bonds. The van der Waals surface area contributed by atoms with Gasteiger partial charge in [-0.15, -0.1) is 0 Å². The Kier molecular flexibility index (Phi) is 4.81. The van der Waals surface area contributed by atoms with Crippen LogP contribution in [0.3, 0.4) is 0 Å². The minimum absolute atomic E-state index is 0.339. The molecule has 90 valence electrons. The van der Waals surface area contributed by atoms with E-state index in [0.29, 0.717) is 17.8 Å². The molecule has 0 radical (unpaired) electrons. The standard InChI is InChI=1S/C14H23NO/c1-5-14(15(6-2)11(3)4)12-7-9-13(16)10-8-12/h7-11,14,16H,5-6H2,1-4H3. The summed E-state index contributed by atoms with van der Waals surface area (Å²) in [5.74, 6) is 0.339. The Hall–Kier alpha value is -1.02. The van der Waals surface area contributed by atoms with E-state index < -0.39 is 0 Å². The molecular formula is C14H23NO. The Labute approximate surface area is 98.9 Å². The molecule has 0 aliphatic carbocycles. The highest BCUT2D eigenvalue weighted by molar-refractivity contribution is 5.28. The summed E-state index contributed by atoms with van der Waals surface area (Å²) < 4.78 is 0. The zero-order valence-corrected chi connectivity index (χ0v) is 10.8. The van der Waals surface area contributed by atoms with Crippen molar-refractivity contribution in [1.29, 1.82) is 0 Å². The van der Waals surface area contributed by atoms with Gasteiger partial charge in [0, 0.05) is 12.1 Å². The molecule has 0 spiro atoms. The molecule has 1 N–H and O–H groups in total. The van der Waals surface area contributed by atoms with Crippen LogP contribution in [0.2, 0.25) is 0 Å². The van der Waals surface area contributed by atoms with Crippen molar-refractivity contribution >= 4 is 0 Å². The molecule has 1 aromatic carbocycles. The van der Waals surface area contributed by atoms with Gasteiger partial charge in [-0.3, -0.25) is 4.90 Å². The van der Waals surface area contributed by atoms with Crippen molar-refractivity contribution in [2.24, 2.45) is 0 Å². The van der Waals surface area contributed by atoms with Gasteiger partial charge in [-0.25, -0.2) is 0 Å². The van der Waals surface area contributed by atoms with E-state index in [1.807, 2.05) is 12.1 Å². The summed E-state index contributed by atoms with van der Waals surface area (Å²) in [6.45, 7) is 9.92. The van der Waals surface area contributed by atoms with Crippen LogP contribution < -0.4 is 0 Å². The molecule has 1 unspecified atom stereocenters. The third kappa shape index (κ3) is 2.99. The highest BCUT2D eigenvalue weighted by Gasteiger charge is 2.19. The SMILES string of the molecule is CCC(c1ccc(O)cc1)N(CC)C(C)C. The Balaban J connectivity index is 2.92. The zero-order valence-electron chi connectivity index (χ0n) is 10.8. The van der Waals surface area contributed by atoms with Crippen LogP contribution in [0.5, 0.6) is 5.75 Å². The van der Waals surface area contributed by atoms with E-state index in [-0.39, 0.29) is 0 Å². The molecule has 0 aliphatic heterocycles. The van der Waals surface area contributed by atoms with Crippen molar-refractivity contribution in [3.05, 3.63) is 29.8 Å². The van der Waals surface area contributed by atoms with E-state index in [4.69, 9.17) is 0 Å². The molecular weight excluding hydrogens is 198 g/mol. The molecule has 1 atom stereocenters. The highest BCUT2D eigenvalue weighted by atomic mass is 16.3. The molecule has 0 bridgehead atoms. The maximum absolute atomic E-state index is 9.30. The molecule has 0 aliphatic rings. The Morgan fingerprint density at radius 1 is 1.12 bits per heavy atom. The number of phenolic OH excluding ortho intramolecular Hbond substituents is 1. The van der Waals surface area contributed by atoms with Crippen molar-refractivity contribution in [2.45, 2.75) is 46.2 Å². The molecule has 0 aromatic heterocycles. The van der Waals surface area contributed by atoms with Gasteiger partial charge in [0.2, 0.25) is 0 Å². The normalized spacial score (nSPS) is 13.4. The molecule has 1 aromatic rings. The minimum Gasteiger partial charge on any atom is -0.508 e. The second-order valence-corrected chi connectivity index (χ2v) is 4.44. The number of phenols is 1. The number of benzene rings is 1. The van der Waals surface area contributed by atoms with Gasteiger partial charge < -0.3 is 5.11 Å². The van der Waals surface area contributed by atoms with Gasteiger partial charge in [0.15, 0.2) is 0 Å². The first kappa shape index (κ1) is 13.0. The lowest BCUT2D eigenvalue weighted by molar-refractivity contribution is 0.158. The predicted octanol–water partition coefficient (Wildman–Crippen LogP) is 3.57. The molecule has 16 heavy (non-hydrogen) atoms. The summed E-state index contributed by atoms with van der Waals surface area (Å²) in [5, 5.41) is 9.30.